The Balaban J connectivity index is 1.62. The van der Waals surface area contributed by atoms with Crippen molar-refractivity contribution in [1.82, 2.24) is 10.6 Å². The fourth-order valence-electron chi connectivity index (χ4n) is 3.29. The lowest BCUT2D eigenvalue weighted by molar-refractivity contribution is -0.125. The predicted octanol–water partition coefficient (Wildman–Crippen LogP) is 0.0156. The molecular weight excluding hydrogens is 204 g/mol. The van der Waals surface area contributed by atoms with E-state index in [1.54, 1.807) is 0 Å². The third kappa shape index (κ3) is 1.64. The molecule has 1 aliphatic heterocycles. The Morgan fingerprint density at radius 1 is 1.44 bits per heavy atom. The number of nitrogens with one attached hydrogen (secondary N) is 2. The molecule has 0 spiro atoms. The third-order valence-corrected chi connectivity index (χ3v) is 4.57. The lowest BCUT2D eigenvalue weighted by atomic mass is 9.93. The highest BCUT2D eigenvalue weighted by Crippen LogP contribution is 2.39. The largest absolute Gasteiger partial charge is 0.394 e. The topological polar surface area (TPSA) is 61.4 Å². The molecule has 4 nitrogen and oxygen atoms in total. The molecule has 3 N–H and O–H groups in total. The van der Waals surface area contributed by atoms with Gasteiger partial charge in [0.15, 0.2) is 0 Å². The molecule has 3 unspecified atom stereocenters. The summed E-state index contributed by atoms with van der Waals surface area (Å²) in [5.74, 6) is 1.36. The number of aliphatic hydroxyl groups is 1. The first-order valence-electron chi connectivity index (χ1n) is 6.40. The van der Waals surface area contributed by atoms with E-state index in [2.05, 4.69) is 10.6 Å². The molecule has 3 atom stereocenters. The summed E-state index contributed by atoms with van der Waals surface area (Å²) in [7, 11) is 0. The molecule has 4 heteroatoms. The predicted molar refractivity (Wildman–Crippen MR) is 59.8 cm³/mol. The summed E-state index contributed by atoms with van der Waals surface area (Å²) in [6.45, 7) is 1.08. The molecule has 0 aromatic rings. The van der Waals surface area contributed by atoms with Crippen LogP contribution in [0.15, 0.2) is 0 Å². The number of amides is 1. The zero-order valence-corrected chi connectivity index (χ0v) is 9.54. The van der Waals surface area contributed by atoms with Crippen molar-refractivity contribution in [1.29, 1.82) is 0 Å². The molecule has 2 saturated carbocycles. The number of carbonyl (C=O) groups excluding carboxylic acids is 1. The fraction of sp³-hybridized carbons (Fsp3) is 0.917. The Bertz CT molecular complexity index is 301. The Morgan fingerprint density at radius 2 is 2.25 bits per heavy atom. The monoisotopic (exact) mass is 224 g/mol. The lowest BCUT2D eigenvalue weighted by Gasteiger charge is -2.21. The number of hydrogen-bond donors (Lipinski definition) is 3. The molecular formula is C12H20N2O2. The van der Waals surface area contributed by atoms with Gasteiger partial charge in [-0.1, -0.05) is 6.42 Å². The van der Waals surface area contributed by atoms with Gasteiger partial charge in [-0.3, -0.25) is 4.79 Å². The highest BCUT2D eigenvalue weighted by molar-refractivity contribution is 5.83. The molecule has 3 aliphatic rings. The average molecular weight is 224 g/mol. The maximum absolute atomic E-state index is 12.1. The Kier molecular flexibility index (Phi) is 2.44. The summed E-state index contributed by atoms with van der Waals surface area (Å²) >= 11 is 0. The van der Waals surface area contributed by atoms with Crippen molar-refractivity contribution in [2.45, 2.75) is 43.7 Å². The van der Waals surface area contributed by atoms with Crippen LogP contribution in [-0.2, 0) is 4.79 Å². The molecule has 1 amide bonds. The van der Waals surface area contributed by atoms with E-state index in [4.69, 9.17) is 0 Å². The zero-order valence-electron chi connectivity index (χ0n) is 9.54. The van der Waals surface area contributed by atoms with Crippen molar-refractivity contribution < 1.29 is 9.90 Å². The van der Waals surface area contributed by atoms with Crippen LogP contribution in [0.3, 0.4) is 0 Å². The van der Waals surface area contributed by atoms with Gasteiger partial charge < -0.3 is 15.7 Å². The van der Waals surface area contributed by atoms with E-state index < -0.39 is 0 Å². The van der Waals surface area contributed by atoms with E-state index in [-0.39, 0.29) is 24.1 Å². The molecule has 0 radical (unpaired) electrons. The number of hydrogen-bond acceptors (Lipinski definition) is 3. The minimum absolute atomic E-state index is 0.00322. The summed E-state index contributed by atoms with van der Waals surface area (Å²) in [5, 5.41) is 15.6. The van der Waals surface area contributed by atoms with Gasteiger partial charge in [0, 0.05) is 0 Å². The summed E-state index contributed by atoms with van der Waals surface area (Å²) in [4.78, 5) is 12.1. The Hall–Kier alpha value is -0.610. The fourth-order valence-corrected chi connectivity index (χ4v) is 3.29. The van der Waals surface area contributed by atoms with E-state index >= 15 is 0 Å². The summed E-state index contributed by atoms with van der Waals surface area (Å²) in [6, 6.07) is -0.00322. The number of fused-ring (bicyclic) bond motifs is 1. The minimum atomic E-state index is -0.268. The van der Waals surface area contributed by atoms with Crippen molar-refractivity contribution >= 4 is 5.91 Å². The van der Waals surface area contributed by atoms with E-state index in [0.29, 0.717) is 11.8 Å². The first-order chi connectivity index (χ1) is 7.74. The molecule has 0 aromatic carbocycles. The lowest BCUT2D eigenvalue weighted by Crippen LogP contribution is -2.50. The van der Waals surface area contributed by atoms with Crippen molar-refractivity contribution in [2.75, 3.05) is 13.2 Å². The Labute approximate surface area is 95.8 Å². The third-order valence-electron chi connectivity index (χ3n) is 4.57. The van der Waals surface area contributed by atoms with E-state index in [1.165, 1.54) is 19.3 Å². The molecule has 16 heavy (non-hydrogen) atoms. The van der Waals surface area contributed by atoms with Crippen LogP contribution in [-0.4, -0.2) is 35.7 Å². The number of carbonyl (C=O) groups is 1. The highest BCUT2D eigenvalue weighted by atomic mass is 16.3. The quantitative estimate of drug-likeness (QED) is 0.633. The number of rotatable bonds is 3. The van der Waals surface area contributed by atoms with Crippen LogP contribution < -0.4 is 10.6 Å². The second-order valence-corrected chi connectivity index (χ2v) is 5.67. The summed E-state index contributed by atoms with van der Waals surface area (Å²) in [6.07, 6.45) is 5.58. The molecule has 0 aromatic heterocycles. The first-order valence-corrected chi connectivity index (χ1v) is 6.40. The maximum atomic E-state index is 12.1. The van der Waals surface area contributed by atoms with Gasteiger partial charge in [0.25, 0.3) is 0 Å². The van der Waals surface area contributed by atoms with Crippen molar-refractivity contribution in [3.05, 3.63) is 0 Å². The van der Waals surface area contributed by atoms with Crippen molar-refractivity contribution in [3.63, 3.8) is 0 Å². The smallest absolute Gasteiger partial charge is 0.237 e. The van der Waals surface area contributed by atoms with E-state index in [1.807, 2.05) is 0 Å². The minimum Gasteiger partial charge on any atom is -0.394 e. The molecule has 0 bridgehead atoms. The van der Waals surface area contributed by atoms with E-state index in [9.17, 15) is 9.90 Å². The SMILES string of the molecule is O=C(NC1(CO)CC1)C1NCC2CCCC21. The number of aliphatic hydroxyl groups excluding tert-OH is 1. The van der Waals surface area contributed by atoms with Crippen LogP contribution in [0.4, 0.5) is 0 Å². The molecule has 3 fully saturated rings. The van der Waals surface area contributed by atoms with Gasteiger partial charge in [-0.25, -0.2) is 0 Å². The first kappa shape index (κ1) is 10.5. The van der Waals surface area contributed by atoms with Crippen LogP contribution in [0.5, 0.6) is 0 Å². The van der Waals surface area contributed by atoms with Gasteiger partial charge in [0.05, 0.1) is 18.2 Å². The van der Waals surface area contributed by atoms with Gasteiger partial charge in [-0.15, -0.1) is 0 Å². The van der Waals surface area contributed by atoms with Gasteiger partial charge in [-0.05, 0) is 44.1 Å². The van der Waals surface area contributed by atoms with Crippen LogP contribution in [0.2, 0.25) is 0 Å². The van der Waals surface area contributed by atoms with Crippen molar-refractivity contribution in [2.24, 2.45) is 11.8 Å². The average Bonchev–Trinajstić information content (AvgIpc) is 2.74. The molecule has 2 aliphatic carbocycles. The molecule has 1 heterocycles. The normalized spacial score (nSPS) is 39.4. The maximum Gasteiger partial charge on any atom is 0.237 e. The van der Waals surface area contributed by atoms with Crippen molar-refractivity contribution in [3.8, 4) is 0 Å². The second-order valence-electron chi connectivity index (χ2n) is 5.67. The zero-order chi connectivity index (χ0) is 11.2. The van der Waals surface area contributed by atoms with Gasteiger partial charge in [0.1, 0.15) is 0 Å². The van der Waals surface area contributed by atoms with Crippen LogP contribution in [0, 0.1) is 11.8 Å². The highest BCUT2D eigenvalue weighted by Gasteiger charge is 2.48. The van der Waals surface area contributed by atoms with Crippen LogP contribution in [0.25, 0.3) is 0 Å². The van der Waals surface area contributed by atoms with Gasteiger partial charge in [0.2, 0.25) is 5.91 Å². The molecule has 90 valence electrons. The van der Waals surface area contributed by atoms with Gasteiger partial charge >= 0.3 is 0 Å². The molecule has 1 saturated heterocycles. The summed E-state index contributed by atoms with van der Waals surface area (Å²) < 4.78 is 0. The van der Waals surface area contributed by atoms with Crippen LogP contribution in [0.1, 0.15) is 32.1 Å². The standard InChI is InChI=1S/C12H20N2O2/c15-7-12(4-5-12)14-11(16)10-9-3-1-2-8(9)6-13-10/h8-10,13,15H,1-7H2,(H,14,16). The molecule has 3 rings (SSSR count). The summed E-state index contributed by atoms with van der Waals surface area (Å²) in [5.41, 5.74) is -0.268. The second kappa shape index (κ2) is 3.70. The Morgan fingerprint density at radius 3 is 2.94 bits per heavy atom. The van der Waals surface area contributed by atoms with Gasteiger partial charge in [-0.2, -0.15) is 0 Å². The van der Waals surface area contributed by atoms with Crippen LogP contribution >= 0.6 is 0 Å². The van der Waals surface area contributed by atoms with E-state index in [0.717, 1.165) is 19.4 Å².